The van der Waals surface area contributed by atoms with E-state index in [-0.39, 0.29) is 6.61 Å². The number of oxazole rings is 1. The lowest BCUT2D eigenvalue weighted by Gasteiger charge is -2.20. The minimum atomic E-state index is -1.15. The van der Waals surface area contributed by atoms with Crippen LogP contribution in [0.4, 0.5) is 0 Å². The maximum absolute atomic E-state index is 10.1. The molecule has 4 nitrogen and oxygen atoms in total. The van der Waals surface area contributed by atoms with Crippen molar-refractivity contribution in [1.29, 1.82) is 0 Å². The van der Waals surface area contributed by atoms with E-state index in [1.54, 1.807) is 6.92 Å². The van der Waals surface area contributed by atoms with Crippen molar-refractivity contribution < 1.29 is 14.3 Å². The summed E-state index contributed by atoms with van der Waals surface area (Å²) in [6.07, 6.45) is 2.70. The number of rotatable bonds is 4. The van der Waals surface area contributed by atoms with Crippen molar-refractivity contribution >= 4 is 0 Å². The highest BCUT2D eigenvalue weighted by Gasteiger charge is 2.27. The second-order valence-corrected chi connectivity index (χ2v) is 3.75. The predicted molar refractivity (Wildman–Crippen MR) is 58.0 cm³/mol. The monoisotopic (exact) mass is 219 g/mol. The number of ether oxygens (including phenoxy) is 1. The summed E-state index contributed by atoms with van der Waals surface area (Å²) >= 11 is 0. The Labute approximate surface area is 93.5 Å². The average Bonchev–Trinajstić information content (AvgIpc) is 2.82. The van der Waals surface area contributed by atoms with Gasteiger partial charge in [0.05, 0.1) is 0 Å². The Morgan fingerprint density at radius 3 is 2.75 bits per heavy atom. The molecule has 84 valence electrons. The van der Waals surface area contributed by atoms with Crippen LogP contribution >= 0.6 is 0 Å². The van der Waals surface area contributed by atoms with Crippen molar-refractivity contribution in [1.82, 2.24) is 4.98 Å². The molecule has 0 aliphatic rings. The fraction of sp³-hybridized carbons (Fsp3) is 0.250. The first-order valence-electron chi connectivity index (χ1n) is 4.97. The number of para-hydroxylation sites is 1. The van der Waals surface area contributed by atoms with Crippen molar-refractivity contribution in [3.8, 4) is 5.75 Å². The van der Waals surface area contributed by atoms with Crippen LogP contribution in [-0.4, -0.2) is 16.7 Å². The van der Waals surface area contributed by atoms with Crippen molar-refractivity contribution in [3.05, 3.63) is 48.7 Å². The Morgan fingerprint density at radius 1 is 1.38 bits per heavy atom. The largest absolute Gasteiger partial charge is 0.490 e. The average molecular weight is 219 g/mol. The highest BCUT2D eigenvalue weighted by molar-refractivity contribution is 5.21. The summed E-state index contributed by atoms with van der Waals surface area (Å²) in [4.78, 5) is 3.90. The lowest BCUT2D eigenvalue weighted by molar-refractivity contribution is 0.00384. The Kier molecular flexibility index (Phi) is 2.92. The first-order chi connectivity index (χ1) is 7.68. The fourth-order valence-corrected chi connectivity index (χ4v) is 1.29. The number of nitrogens with zero attached hydrogens (tertiary/aromatic N) is 1. The number of aliphatic hydroxyl groups is 1. The SMILES string of the molecule is CC(O)(COc1ccccc1)c1cocn1. The van der Waals surface area contributed by atoms with E-state index >= 15 is 0 Å². The number of hydrogen-bond acceptors (Lipinski definition) is 4. The summed E-state index contributed by atoms with van der Waals surface area (Å²) in [5.41, 5.74) is -0.688. The molecule has 1 aromatic heterocycles. The molecule has 0 bridgehead atoms. The molecule has 0 amide bonds. The zero-order valence-electron chi connectivity index (χ0n) is 8.96. The molecule has 0 fully saturated rings. The first-order valence-corrected chi connectivity index (χ1v) is 4.97. The Hall–Kier alpha value is -1.81. The van der Waals surface area contributed by atoms with Gasteiger partial charge in [-0.2, -0.15) is 0 Å². The molecule has 0 radical (unpaired) electrons. The van der Waals surface area contributed by atoms with Gasteiger partial charge in [0, 0.05) is 0 Å². The molecule has 0 saturated carbocycles. The maximum Gasteiger partial charge on any atom is 0.180 e. The van der Waals surface area contributed by atoms with Crippen LogP contribution in [0.25, 0.3) is 0 Å². The molecule has 2 rings (SSSR count). The van der Waals surface area contributed by atoms with E-state index in [0.717, 1.165) is 0 Å². The van der Waals surface area contributed by atoms with Crippen molar-refractivity contribution in [2.45, 2.75) is 12.5 Å². The molecule has 4 heteroatoms. The zero-order chi connectivity index (χ0) is 11.4. The van der Waals surface area contributed by atoms with Gasteiger partial charge in [0.2, 0.25) is 0 Å². The van der Waals surface area contributed by atoms with Gasteiger partial charge in [-0.05, 0) is 19.1 Å². The van der Waals surface area contributed by atoms with Gasteiger partial charge in [-0.25, -0.2) is 4.98 Å². The molecule has 1 heterocycles. The third-order valence-electron chi connectivity index (χ3n) is 2.25. The highest BCUT2D eigenvalue weighted by Crippen LogP contribution is 2.20. The molecular formula is C12H13NO3. The molecule has 1 N–H and O–H groups in total. The van der Waals surface area contributed by atoms with Crippen LogP contribution in [0.1, 0.15) is 12.6 Å². The van der Waals surface area contributed by atoms with E-state index in [1.807, 2.05) is 30.3 Å². The number of aromatic nitrogens is 1. The third kappa shape index (κ3) is 2.41. The van der Waals surface area contributed by atoms with Crippen LogP contribution in [0, 0.1) is 0 Å². The van der Waals surface area contributed by atoms with Crippen molar-refractivity contribution in [3.63, 3.8) is 0 Å². The lowest BCUT2D eigenvalue weighted by atomic mass is 10.1. The molecule has 0 aliphatic heterocycles. The first kappa shape index (κ1) is 10.7. The number of hydrogen-bond donors (Lipinski definition) is 1. The molecule has 16 heavy (non-hydrogen) atoms. The summed E-state index contributed by atoms with van der Waals surface area (Å²) in [5, 5.41) is 10.1. The topological polar surface area (TPSA) is 55.5 Å². The number of benzene rings is 1. The minimum Gasteiger partial charge on any atom is -0.490 e. The van der Waals surface area contributed by atoms with Gasteiger partial charge in [0.1, 0.15) is 29.9 Å². The smallest absolute Gasteiger partial charge is 0.180 e. The fourth-order valence-electron chi connectivity index (χ4n) is 1.29. The van der Waals surface area contributed by atoms with E-state index < -0.39 is 5.60 Å². The second kappa shape index (κ2) is 4.37. The van der Waals surface area contributed by atoms with E-state index in [9.17, 15) is 5.11 Å². The summed E-state index contributed by atoms with van der Waals surface area (Å²) in [5.74, 6) is 0.714. The molecule has 2 aromatic rings. The van der Waals surface area contributed by atoms with Gasteiger partial charge in [-0.3, -0.25) is 0 Å². The zero-order valence-corrected chi connectivity index (χ0v) is 8.96. The third-order valence-corrected chi connectivity index (χ3v) is 2.25. The second-order valence-electron chi connectivity index (χ2n) is 3.75. The summed E-state index contributed by atoms with van der Waals surface area (Å²) in [6, 6.07) is 9.32. The molecule has 1 atom stereocenters. The maximum atomic E-state index is 10.1. The Morgan fingerprint density at radius 2 is 2.12 bits per heavy atom. The van der Waals surface area contributed by atoms with E-state index in [2.05, 4.69) is 4.98 Å². The van der Waals surface area contributed by atoms with Crippen molar-refractivity contribution in [2.75, 3.05) is 6.61 Å². The standard InChI is InChI=1S/C12H13NO3/c1-12(14,11-7-15-9-13-11)8-16-10-5-3-2-4-6-10/h2-7,9,14H,8H2,1H3. The Balaban J connectivity index is 2.00. The van der Waals surface area contributed by atoms with Crippen LogP contribution in [0.2, 0.25) is 0 Å². The minimum absolute atomic E-state index is 0.129. The van der Waals surface area contributed by atoms with Crippen LogP contribution in [0.3, 0.4) is 0 Å². The molecular weight excluding hydrogens is 206 g/mol. The predicted octanol–water partition coefficient (Wildman–Crippen LogP) is 1.96. The molecule has 0 aliphatic carbocycles. The van der Waals surface area contributed by atoms with Gasteiger partial charge in [-0.1, -0.05) is 18.2 Å². The van der Waals surface area contributed by atoms with E-state index in [4.69, 9.17) is 9.15 Å². The van der Waals surface area contributed by atoms with Gasteiger partial charge in [-0.15, -0.1) is 0 Å². The van der Waals surface area contributed by atoms with Gasteiger partial charge in [0.25, 0.3) is 0 Å². The molecule has 1 unspecified atom stereocenters. The van der Waals surface area contributed by atoms with Crippen LogP contribution < -0.4 is 4.74 Å². The van der Waals surface area contributed by atoms with E-state index in [1.165, 1.54) is 12.7 Å². The summed E-state index contributed by atoms with van der Waals surface area (Å²) in [7, 11) is 0. The van der Waals surface area contributed by atoms with E-state index in [0.29, 0.717) is 11.4 Å². The van der Waals surface area contributed by atoms with Gasteiger partial charge >= 0.3 is 0 Å². The normalized spacial score (nSPS) is 14.4. The van der Waals surface area contributed by atoms with Crippen molar-refractivity contribution in [2.24, 2.45) is 0 Å². The molecule has 1 aromatic carbocycles. The quantitative estimate of drug-likeness (QED) is 0.854. The molecule has 0 spiro atoms. The lowest BCUT2D eigenvalue weighted by Crippen LogP contribution is -2.29. The summed E-state index contributed by atoms with van der Waals surface area (Å²) < 4.78 is 10.3. The van der Waals surface area contributed by atoms with Crippen LogP contribution in [-0.2, 0) is 5.60 Å². The van der Waals surface area contributed by atoms with Gasteiger partial charge in [0.15, 0.2) is 6.39 Å². The highest BCUT2D eigenvalue weighted by atomic mass is 16.5. The van der Waals surface area contributed by atoms with Crippen LogP contribution in [0.5, 0.6) is 5.75 Å². The van der Waals surface area contributed by atoms with Gasteiger partial charge < -0.3 is 14.3 Å². The summed E-state index contributed by atoms with van der Waals surface area (Å²) in [6.45, 7) is 1.76. The van der Waals surface area contributed by atoms with Crippen LogP contribution in [0.15, 0.2) is 47.4 Å². The molecule has 0 saturated heterocycles. The Bertz CT molecular complexity index is 423.